The minimum absolute atomic E-state index is 0.266. The van der Waals surface area contributed by atoms with Gasteiger partial charge in [-0.1, -0.05) is 0 Å². The number of rotatable bonds is 4. The van der Waals surface area contributed by atoms with E-state index in [2.05, 4.69) is 47.5 Å². The van der Waals surface area contributed by atoms with Gasteiger partial charge in [-0.2, -0.15) is 0 Å². The Kier molecular flexibility index (Phi) is 6.44. The Morgan fingerprint density at radius 3 is 2.29 bits per heavy atom. The topological polar surface area (TPSA) is 33.2 Å². The van der Waals surface area contributed by atoms with Gasteiger partial charge in [-0.25, -0.2) is 0 Å². The quantitative estimate of drug-likeness (QED) is 0.791. The first-order valence-corrected chi connectivity index (χ1v) is 8.50. The van der Waals surface area contributed by atoms with Crippen LogP contribution >= 0.6 is 0 Å². The first-order valence-electron chi connectivity index (χ1n) is 8.50. The zero-order valence-electron chi connectivity index (χ0n) is 14.3. The molecule has 0 radical (unpaired) electrons. The highest BCUT2D eigenvalue weighted by Crippen LogP contribution is 2.17. The van der Waals surface area contributed by atoms with Gasteiger partial charge >= 0.3 is 0 Å². The third-order valence-corrected chi connectivity index (χ3v) is 5.62. The van der Waals surface area contributed by atoms with Crippen molar-refractivity contribution in [1.29, 1.82) is 0 Å². The second-order valence-corrected chi connectivity index (χ2v) is 6.99. The van der Waals surface area contributed by atoms with E-state index >= 15 is 0 Å². The molecule has 21 heavy (non-hydrogen) atoms. The summed E-state index contributed by atoms with van der Waals surface area (Å²) in [5, 5.41) is 9.53. The SMILES string of the molecule is C[C@H]([C@H](C)N1CCN(C)C(CO)C1)N1CCCN(C)CC1. The predicted molar refractivity (Wildman–Crippen MR) is 87.7 cm³/mol. The molecule has 0 aromatic rings. The first-order chi connectivity index (χ1) is 10.0. The highest BCUT2D eigenvalue weighted by atomic mass is 16.3. The second-order valence-electron chi connectivity index (χ2n) is 6.99. The van der Waals surface area contributed by atoms with E-state index < -0.39 is 0 Å². The first kappa shape index (κ1) is 17.2. The lowest BCUT2D eigenvalue weighted by molar-refractivity contribution is 0.0146. The molecule has 3 atom stereocenters. The average molecular weight is 298 g/mol. The molecule has 0 aliphatic carbocycles. The molecule has 0 bridgehead atoms. The molecule has 2 rings (SSSR count). The van der Waals surface area contributed by atoms with E-state index in [0.717, 1.165) is 19.6 Å². The van der Waals surface area contributed by atoms with Gasteiger partial charge in [-0.15, -0.1) is 0 Å². The molecule has 124 valence electrons. The van der Waals surface area contributed by atoms with Crippen LogP contribution in [0.5, 0.6) is 0 Å². The minimum atomic E-state index is 0.266. The molecule has 0 aromatic heterocycles. The lowest BCUT2D eigenvalue weighted by Crippen LogP contribution is -2.59. The average Bonchev–Trinajstić information content (AvgIpc) is 2.71. The molecule has 0 amide bonds. The normalized spacial score (nSPS) is 31.0. The van der Waals surface area contributed by atoms with E-state index in [1.165, 1.54) is 32.6 Å². The molecule has 2 saturated heterocycles. The maximum absolute atomic E-state index is 9.53. The van der Waals surface area contributed by atoms with Gasteiger partial charge in [0.1, 0.15) is 0 Å². The highest BCUT2D eigenvalue weighted by molar-refractivity contribution is 4.88. The molecule has 0 aromatic carbocycles. The molecule has 2 heterocycles. The number of hydrogen-bond acceptors (Lipinski definition) is 5. The monoisotopic (exact) mass is 298 g/mol. The molecular weight excluding hydrogens is 264 g/mol. The molecule has 1 N–H and O–H groups in total. The predicted octanol–water partition coefficient (Wildman–Crippen LogP) is 0.00920. The van der Waals surface area contributed by atoms with Crippen LogP contribution in [-0.2, 0) is 0 Å². The van der Waals surface area contributed by atoms with Crippen LogP contribution in [0.15, 0.2) is 0 Å². The van der Waals surface area contributed by atoms with E-state index in [1.807, 2.05) is 0 Å². The van der Waals surface area contributed by atoms with Crippen LogP contribution in [0, 0.1) is 0 Å². The fraction of sp³-hybridized carbons (Fsp3) is 1.00. The third-order valence-electron chi connectivity index (χ3n) is 5.62. The molecule has 2 aliphatic heterocycles. The van der Waals surface area contributed by atoms with Gasteiger partial charge in [0.15, 0.2) is 0 Å². The van der Waals surface area contributed by atoms with Crippen molar-refractivity contribution < 1.29 is 5.11 Å². The van der Waals surface area contributed by atoms with E-state index in [0.29, 0.717) is 18.1 Å². The fourth-order valence-corrected chi connectivity index (χ4v) is 3.62. The summed E-state index contributed by atoms with van der Waals surface area (Å²) in [6, 6.07) is 1.43. The molecular formula is C16H34N4O. The fourth-order valence-electron chi connectivity index (χ4n) is 3.62. The minimum Gasteiger partial charge on any atom is -0.395 e. The molecule has 1 unspecified atom stereocenters. The number of aliphatic hydroxyl groups excluding tert-OH is 1. The molecule has 2 aliphatic rings. The summed E-state index contributed by atoms with van der Waals surface area (Å²) in [4.78, 5) is 9.95. The Hall–Kier alpha value is -0.200. The number of hydrogen-bond donors (Lipinski definition) is 1. The van der Waals surface area contributed by atoms with E-state index in [4.69, 9.17) is 0 Å². The molecule has 5 nitrogen and oxygen atoms in total. The van der Waals surface area contributed by atoms with Gasteiger partial charge in [0, 0.05) is 50.8 Å². The van der Waals surface area contributed by atoms with Crippen molar-refractivity contribution in [1.82, 2.24) is 19.6 Å². The van der Waals surface area contributed by atoms with Crippen LogP contribution in [0.25, 0.3) is 0 Å². The smallest absolute Gasteiger partial charge is 0.0599 e. The number of likely N-dealkylation sites (N-methyl/N-ethyl adjacent to an activating group) is 2. The molecule has 0 spiro atoms. The van der Waals surface area contributed by atoms with E-state index in [1.54, 1.807) is 0 Å². The van der Waals surface area contributed by atoms with Gasteiger partial charge in [0.2, 0.25) is 0 Å². The summed E-state index contributed by atoms with van der Waals surface area (Å²) in [7, 11) is 4.35. The Labute approximate surface area is 130 Å². The Morgan fingerprint density at radius 1 is 0.905 bits per heavy atom. The Balaban J connectivity index is 1.90. The van der Waals surface area contributed by atoms with Crippen LogP contribution in [0.3, 0.4) is 0 Å². The molecule has 2 fully saturated rings. The zero-order valence-corrected chi connectivity index (χ0v) is 14.3. The summed E-state index contributed by atoms with van der Waals surface area (Å²) < 4.78 is 0. The van der Waals surface area contributed by atoms with Crippen molar-refractivity contribution in [3.05, 3.63) is 0 Å². The van der Waals surface area contributed by atoms with Crippen LogP contribution in [0.2, 0.25) is 0 Å². The summed E-state index contributed by atoms with van der Waals surface area (Å²) in [5.41, 5.74) is 0. The van der Waals surface area contributed by atoms with E-state index in [9.17, 15) is 5.11 Å². The Bertz CT molecular complexity index is 315. The highest BCUT2D eigenvalue weighted by Gasteiger charge is 2.31. The Morgan fingerprint density at radius 2 is 1.57 bits per heavy atom. The maximum Gasteiger partial charge on any atom is 0.0599 e. The van der Waals surface area contributed by atoms with Crippen molar-refractivity contribution in [3.8, 4) is 0 Å². The lowest BCUT2D eigenvalue weighted by atomic mass is 10.0. The van der Waals surface area contributed by atoms with Crippen molar-refractivity contribution in [2.45, 2.75) is 38.4 Å². The summed E-state index contributed by atoms with van der Waals surface area (Å²) in [6.07, 6.45) is 1.27. The largest absolute Gasteiger partial charge is 0.395 e. The number of aliphatic hydroxyl groups is 1. The van der Waals surface area contributed by atoms with E-state index in [-0.39, 0.29) is 6.61 Å². The second kappa shape index (κ2) is 7.88. The number of nitrogens with zero attached hydrogens (tertiary/aromatic N) is 4. The standard InChI is InChI=1S/C16H34N4O/c1-14(19-7-5-6-17(3)8-10-19)15(2)20-11-9-18(4)16(12-20)13-21/h14-16,21H,5-13H2,1-4H3/t14-,15+,16?/m1/s1. The van der Waals surface area contributed by atoms with Gasteiger partial charge in [0.05, 0.1) is 6.61 Å². The number of piperazine rings is 1. The summed E-state index contributed by atoms with van der Waals surface area (Å²) in [6.45, 7) is 13.0. The zero-order chi connectivity index (χ0) is 15.4. The van der Waals surface area contributed by atoms with Gasteiger partial charge in [-0.3, -0.25) is 14.7 Å². The van der Waals surface area contributed by atoms with Gasteiger partial charge in [0.25, 0.3) is 0 Å². The van der Waals surface area contributed by atoms with Crippen LogP contribution in [0.1, 0.15) is 20.3 Å². The molecule has 5 heteroatoms. The van der Waals surface area contributed by atoms with Crippen LogP contribution in [0.4, 0.5) is 0 Å². The third kappa shape index (κ3) is 4.39. The van der Waals surface area contributed by atoms with Crippen LogP contribution in [-0.4, -0.2) is 109 Å². The maximum atomic E-state index is 9.53. The lowest BCUT2D eigenvalue weighted by Gasteiger charge is -2.45. The summed E-state index contributed by atoms with van der Waals surface area (Å²) in [5.74, 6) is 0. The summed E-state index contributed by atoms with van der Waals surface area (Å²) >= 11 is 0. The van der Waals surface area contributed by atoms with Crippen molar-refractivity contribution in [2.75, 3.05) is 66.5 Å². The molecule has 0 saturated carbocycles. The van der Waals surface area contributed by atoms with Gasteiger partial charge in [-0.05, 0) is 47.5 Å². The van der Waals surface area contributed by atoms with Crippen molar-refractivity contribution >= 4 is 0 Å². The van der Waals surface area contributed by atoms with Gasteiger partial charge < -0.3 is 10.0 Å². The van der Waals surface area contributed by atoms with Crippen LogP contribution < -0.4 is 0 Å². The van der Waals surface area contributed by atoms with Crippen molar-refractivity contribution in [2.24, 2.45) is 0 Å². The van der Waals surface area contributed by atoms with Crippen molar-refractivity contribution in [3.63, 3.8) is 0 Å².